The minimum absolute atomic E-state index is 0.0883. The van der Waals surface area contributed by atoms with Crippen LogP contribution in [-0.2, 0) is 6.54 Å². The Morgan fingerprint density at radius 3 is 2.71 bits per heavy atom. The number of carbonyl (C=O) groups excluding carboxylic acids is 1. The molecule has 1 aromatic carbocycles. The summed E-state index contributed by atoms with van der Waals surface area (Å²) in [7, 11) is 0. The molecule has 0 fully saturated rings. The first-order valence-electron chi connectivity index (χ1n) is 5.03. The highest BCUT2D eigenvalue weighted by Gasteiger charge is 2.14. The summed E-state index contributed by atoms with van der Waals surface area (Å²) in [6, 6.07) is 7.51. The van der Waals surface area contributed by atoms with Gasteiger partial charge in [0.15, 0.2) is 17.7 Å². The van der Waals surface area contributed by atoms with Gasteiger partial charge in [0.1, 0.15) is 0 Å². The monoisotopic (exact) mass is 231 g/mol. The lowest BCUT2D eigenvalue weighted by atomic mass is 10.1. The second-order valence-electron chi connectivity index (χ2n) is 3.52. The highest BCUT2D eigenvalue weighted by atomic mass is 16.3. The summed E-state index contributed by atoms with van der Waals surface area (Å²) in [5.41, 5.74) is 0.332. The number of phenols is 2. The number of aromatic hydroxyl groups is 2. The summed E-state index contributed by atoms with van der Waals surface area (Å²) >= 11 is 0. The number of carbonyl (C=O) groups is 1. The van der Waals surface area contributed by atoms with Crippen molar-refractivity contribution in [2.45, 2.75) is 6.54 Å². The van der Waals surface area contributed by atoms with E-state index in [2.05, 4.69) is 5.10 Å². The van der Waals surface area contributed by atoms with E-state index in [9.17, 15) is 9.90 Å². The van der Waals surface area contributed by atoms with Gasteiger partial charge in [-0.2, -0.15) is 0 Å². The molecule has 0 saturated heterocycles. The van der Waals surface area contributed by atoms with Crippen LogP contribution >= 0.6 is 0 Å². The van der Waals surface area contributed by atoms with E-state index in [4.69, 9.17) is 5.11 Å². The van der Waals surface area contributed by atoms with Gasteiger partial charge in [0.25, 0.3) is 0 Å². The van der Waals surface area contributed by atoms with Crippen molar-refractivity contribution < 1.29 is 19.7 Å². The molecule has 0 saturated carbocycles. The third kappa shape index (κ3) is 2.57. The van der Waals surface area contributed by atoms with Crippen LogP contribution in [0.4, 0.5) is 0 Å². The number of hydrogen-bond acceptors (Lipinski definition) is 4. The fourth-order valence-corrected chi connectivity index (χ4v) is 1.39. The van der Waals surface area contributed by atoms with Crippen LogP contribution in [-0.4, -0.2) is 21.1 Å². The molecular weight excluding hydrogens is 220 g/mol. The van der Waals surface area contributed by atoms with E-state index in [-0.39, 0.29) is 23.8 Å². The molecule has 0 radical (unpaired) electrons. The zero-order valence-corrected chi connectivity index (χ0v) is 8.95. The lowest BCUT2D eigenvalue weighted by molar-refractivity contribution is -0.741. The molecule has 1 aromatic heterocycles. The molecule has 5 heteroatoms. The summed E-state index contributed by atoms with van der Waals surface area (Å²) in [5.74, 6) is -0.738. The van der Waals surface area contributed by atoms with Crippen molar-refractivity contribution in [2.75, 3.05) is 0 Å². The number of Topliss-reactive ketones (excluding diaryl/α,β-unsaturated/α-hetero) is 1. The van der Waals surface area contributed by atoms with Crippen molar-refractivity contribution in [3.05, 3.63) is 48.3 Å². The van der Waals surface area contributed by atoms with Gasteiger partial charge in [-0.1, -0.05) is 4.68 Å². The predicted octanol–water partition coefficient (Wildman–Crippen LogP) is 0.663. The van der Waals surface area contributed by atoms with Gasteiger partial charge in [-0.25, -0.2) is 0 Å². The first kappa shape index (κ1) is 11.1. The molecule has 2 rings (SSSR count). The van der Waals surface area contributed by atoms with Gasteiger partial charge in [-0.15, -0.1) is 0 Å². The standard InChI is InChI=1S/C12H10N2O3/c15-10-4-3-9(7-11(10)16)12(17)8-14-6-2-1-5-13-14/h1-7,13H,8H2/p+1. The number of hydrogen-bond donors (Lipinski definition) is 2. The van der Waals surface area contributed by atoms with Crippen molar-refractivity contribution in [3.63, 3.8) is 0 Å². The van der Waals surface area contributed by atoms with Crippen molar-refractivity contribution in [3.8, 4) is 11.5 Å². The van der Waals surface area contributed by atoms with Crippen molar-refractivity contribution >= 4 is 5.78 Å². The molecule has 0 aliphatic rings. The number of nitrogens with zero attached hydrogens (tertiary/aromatic N) is 2. The van der Waals surface area contributed by atoms with Crippen molar-refractivity contribution in [2.24, 2.45) is 0 Å². The minimum Gasteiger partial charge on any atom is -0.504 e. The fraction of sp³-hybridized carbons (Fsp3) is 0.0833. The van der Waals surface area contributed by atoms with Gasteiger partial charge in [0.05, 0.1) is 6.20 Å². The average molecular weight is 231 g/mol. The minimum atomic E-state index is -0.304. The Kier molecular flexibility index (Phi) is 3.00. The lowest BCUT2D eigenvalue weighted by Crippen LogP contribution is -2.40. The highest BCUT2D eigenvalue weighted by Crippen LogP contribution is 2.24. The second kappa shape index (κ2) is 4.61. The largest absolute Gasteiger partial charge is 0.504 e. The molecule has 0 aliphatic heterocycles. The molecule has 2 N–H and O–H groups in total. The number of benzene rings is 1. The Balaban J connectivity index is 2.18. The highest BCUT2D eigenvalue weighted by molar-refractivity contribution is 5.95. The summed E-state index contributed by atoms with van der Waals surface area (Å²) in [4.78, 5) is 11.8. The van der Waals surface area contributed by atoms with Crippen LogP contribution < -0.4 is 4.68 Å². The van der Waals surface area contributed by atoms with E-state index in [1.165, 1.54) is 22.9 Å². The van der Waals surface area contributed by atoms with Crippen molar-refractivity contribution in [1.82, 2.24) is 5.10 Å². The van der Waals surface area contributed by atoms with Gasteiger partial charge in [0, 0.05) is 11.6 Å². The van der Waals surface area contributed by atoms with Crippen molar-refractivity contribution in [1.29, 1.82) is 0 Å². The van der Waals surface area contributed by atoms with Gasteiger partial charge in [-0.05, 0) is 29.4 Å². The second-order valence-corrected chi connectivity index (χ2v) is 3.52. The molecule has 17 heavy (non-hydrogen) atoms. The van der Waals surface area contributed by atoms with Gasteiger partial charge in [-0.3, -0.25) is 4.79 Å². The summed E-state index contributed by atoms with van der Waals surface area (Å²) in [6.07, 6.45) is 3.26. The smallest absolute Gasteiger partial charge is 0.236 e. The molecule has 5 nitrogen and oxygen atoms in total. The SMILES string of the molecule is O=C(C[n+]1ccccn1)c1ccc(O)c(O)c1. The van der Waals surface area contributed by atoms with Gasteiger partial charge in [0.2, 0.25) is 12.3 Å². The van der Waals surface area contributed by atoms with Crippen LogP contribution in [0.25, 0.3) is 0 Å². The number of rotatable bonds is 3. The average Bonchev–Trinajstić information content (AvgIpc) is 2.34. The summed E-state index contributed by atoms with van der Waals surface area (Å²) in [6.45, 7) is 0.0883. The number of ketones is 1. The summed E-state index contributed by atoms with van der Waals surface area (Å²) in [5, 5.41) is 22.4. The topological polar surface area (TPSA) is 74.3 Å². The van der Waals surface area contributed by atoms with E-state index in [0.29, 0.717) is 5.56 Å². The van der Waals surface area contributed by atoms with E-state index in [0.717, 1.165) is 0 Å². The molecule has 0 aliphatic carbocycles. The Morgan fingerprint density at radius 2 is 2.06 bits per heavy atom. The maximum absolute atomic E-state index is 11.8. The van der Waals surface area contributed by atoms with Crippen LogP contribution in [0.15, 0.2) is 42.7 Å². The molecule has 0 atom stereocenters. The molecular formula is C12H11N2O3+. The molecule has 86 valence electrons. The van der Waals surface area contributed by atoms with E-state index in [1.807, 2.05) is 0 Å². The molecule has 1 heterocycles. The molecule has 0 spiro atoms. The van der Waals surface area contributed by atoms with E-state index < -0.39 is 0 Å². The molecule has 0 unspecified atom stereocenters. The van der Waals surface area contributed by atoms with Crippen LogP contribution in [0.5, 0.6) is 11.5 Å². The van der Waals surface area contributed by atoms with E-state index in [1.54, 1.807) is 24.5 Å². The zero-order chi connectivity index (χ0) is 12.3. The quantitative estimate of drug-likeness (QED) is 0.462. The predicted molar refractivity (Wildman–Crippen MR) is 58.5 cm³/mol. The molecule has 0 bridgehead atoms. The van der Waals surface area contributed by atoms with Crippen LogP contribution in [0.1, 0.15) is 10.4 Å². The first-order chi connectivity index (χ1) is 8.16. The molecule has 2 aromatic rings. The normalized spacial score (nSPS) is 10.1. The summed E-state index contributed by atoms with van der Waals surface area (Å²) < 4.78 is 1.49. The lowest BCUT2D eigenvalue weighted by Gasteiger charge is -2.00. The Hall–Kier alpha value is -2.43. The maximum atomic E-state index is 11.8. The number of aromatic nitrogens is 2. The zero-order valence-electron chi connectivity index (χ0n) is 8.95. The van der Waals surface area contributed by atoms with Gasteiger partial charge >= 0.3 is 0 Å². The number of phenolic OH excluding ortho intramolecular Hbond substituents is 2. The molecule has 0 amide bonds. The maximum Gasteiger partial charge on any atom is 0.236 e. The Labute approximate surface area is 97.6 Å². The Bertz CT molecular complexity index is 541. The van der Waals surface area contributed by atoms with Crippen LogP contribution in [0.2, 0.25) is 0 Å². The van der Waals surface area contributed by atoms with Gasteiger partial charge < -0.3 is 10.2 Å². The van der Waals surface area contributed by atoms with E-state index >= 15 is 0 Å². The third-order valence-corrected chi connectivity index (χ3v) is 2.27. The fourth-order valence-electron chi connectivity index (χ4n) is 1.39. The first-order valence-corrected chi connectivity index (χ1v) is 5.03. The Morgan fingerprint density at radius 1 is 1.24 bits per heavy atom. The third-order valence-electron chi connectivity index (χ3n) is 2.27. The van der Waals surface area contributed by atoms with Crippen LogP contribution in [0.3, 0.4) is 0 Å². The van der Waals surface area contributed by atoms with Crippen LogP contribution in [0, 0.1) is 0 Å².